The summed E-state index contributed by atoms with van der Waals surface area (Å²) in [5, 5.41) is 10.4. The minimum atomic E-state index is -1.05. The number of nitrogens with one attached hydrogen (secondary N) is 1. The fraction of sp³-hybridized carbons (Fsp3) is 0. The number of nitro benzene ring substituents is 1. The molecule has 1 heterocycles. The maximum Gasteiger partial charge on any atom is 0.306 e. The first-order chi connectivity index (χ1) is 7.09. The largest absolute Gasteiger partial charge is 0.313 e. The summed E-state index contributed by atoms with van der Waals surface area (Å²) in [7, 11) is 0. The van der Waals surface area contributed by atoms with E-state index in [9.17, 15) is 19.3 Å². The van der Waals surface area contributed by atoms with Gasteiger partial charge in [0.25, 0.3) is 5.56 Å². The van der Waals surface area contributed by atoms with Crippen molar-refractivity contribution in [3.63, 3.8) is 0 Å². The third-order valence-corrected chi connectivity index (χ3v) is 1.91. The van der Waals surface area contributed by atoms with E-state index in [4.69, 9.17) is 0 Å². The SMILES string of the molecule is O=c1[nH]cnc2cc([N+](=O)[O-])c(F)cc12. The molecule has 0 saturated heterocycles. The molecule has 2 rings (SSSR count). The summed E-state index contributed by atoms with van der Waals surface area (Å²) in [5.41, 5.74) is -1.14. The number of benzene rings is 1. The van der Waals surface area contributed by atoms with Crippen molar-refractivity contribution >= 4 is 16.6 Å². The van der Waals surface area contributed by atoms with Gasteiger partial charge < -0.3 is 4.98 Å². The molecule has 15 heavy (non-hydrogen) atoms. The fourth-order valence-corrected chi connectivity index (χ4v) is 1.22. The third-order valence-electron chi connectivity index (χ3n) is 1.91. The molecule has 0 unspecified atom stereocenters. The zero-order valence-corrected chi connectivity index (χ0v) is 7.23. The molecular weight excluding hydrogens is 205 g/mol. The lowest BCUT2D eigenvalue weighted by molar-refractivity contribution is -0.387. The Morgan fingerprint density at radius 2 is 2.20 bits per heavy atom. The van der Waals surface area contributed by atoms with Crippen LogP contribution in [0.15, 0.2) is 23.3 Å². The van der Waals surface area contributed by atoms with Crippen LogP contribution in [0, 0.1) is 15.9 Å². The molecule has 0 aliphatic heterocycles. The topological polar surface area (TPSA) is 88.9 Å². The van der Waals surface area contributed by atoms with Crippen molar-refractivity contribution < 1.29 is 9.31 Å². The Morgan fingerprint density at radius 3 is 2.87 bits per heavy atom. The molecule has 0 bridgehead atoms. The van der Waals surface area contributed by atoms with E-state index >= 15 is 0 Å². The van der Waals surface area contributed by atoms with Crippen molar-refractivity contribution in [3.8, 4) is 0 Å². The van der Waals surface area contributed by atoms with Crippen LogP contribution in [0.4, 0.5) is 10.1 Å². The van der Waals surface area contributed by atoms with Crippen LogP contribution >= 0.6 is 0 Å². The van der Waals surface area contributed by atoms with Crippen molar-refractivity contribution in [2.24, 2.45) is 0 Å². The second-order valence-electron chi connectivity index (χ2n) is 2.81. The lowest BCUT2D eigenvalue weighted by Crippen LogP contribution is -2.07. The number of halogens is 1. The fourth-order valence-electron chi connectivity index (χ4n) is 1.22. The summed E-state index contributed by atoms with van der Waals surface area (Å²) in [4.78, 5) is 26.7. The first-order valence-corrected chi connectivity index (χ1v) is 3.91. The van der Waals surface area contributed by atoms with Gasteiger partial charge in [0, 0.05) is 6.07 Å². The van der Waals surface area contributed by atoms with Crippen LogP contribution in [0.2, 0.25) is 0 Å². The molecule has 0 atom stereocenters. The quantitative estimate of drug-likeness (QED) is 0.559. The summed E-state index contributed by atoms with van der Waals surface area (Å²) in [6.45, 7) is 0. The van der Waals surface area contributed by atoms with Crippen LogP contribution in [0.3, 0.4) is 0 Å². The number of H-pyrrole nitrogens is 1. The van der Waals surface area contributed by atoms with Gasteiger partial charge in [-0.2, -0.15) is 4.39 Å². The number of aromatic amines is 1. The molecule has 0 aliphatic rings. The predicted octanol–water partition coefficient (Wildman–Crippen LogP) is 0.970. The third kappa shape index (κ3) is 1.43. The molecular formula is C8H4FN3O3. The molecule has 6 nitrogen and oxygen atoms in total. The highest BCUT2D eigenvalue weighted by atomic mass is 19.1. The van der Waals surface area contributed by atoms with E-state index in [1.165, 1.54) is 0 Å². The van der Waals surface area contributed by atoms with Gasteiger partial charge in [-0.3, -0.25) is 14.9 Å². The van der Waals surface area contributed by atoms with Gasteiger partial charge in [0.1, 0.15) is 0 Å². The van der Waals surface area contributed by atoms with E-state index in [1.54, 1.807) is 0 Å². The Kier molecular flexibility index (Phi) is 1.93. The lowest BCUT2D eigenvalue weighted by Gasteiger charge is -1.96. The molecule has 0 spiro atoms. The van der Waals surface area contributed by atoms with E-state index in [-0.39, 0.29) is 10.9 Å². The van der Waals surface area contributed by atoms with Crippen LogP contribution in [-0.2, 0) is 0 Å². The van der Waals surface area contributed by atoms with Gasteiger partial charge in [0.05, 0.1) is 22.2 Å². The maximum absolute atomic E-state index is 13.1. The molecule has 0 aliphatic carbocycles. The van der Waals surface area contributed by atoms with Crippen molar-refractivity contribution in [2.75, 3.05) is 0 Å². The molecule has 1 aromatic carbocycles. The molecule has 0 amide bonds. The Bertz CT molecular complexity index is 608. The number of fused-ring (bicyclic) bond motifs is 1. The first-order valence-electron chi connectivity index (χ1n) is 3.91. The second kappa shape index (κ2) is 3.12. The minimum absolute atomic E-state index is 0.0133. The smallest absolute Gasteiger partial charge is 0.306 e. The van der Waals surface area contributed by atoms with Crippen LogP contribution in [0.25, 0.3) is 10.9 Å². The van der Waals surface area contributed by atoms with E-state index in [1.807, 2.05) is 0 Å². The monoisotopic (exact) mass is 209 g/mol. The minimum Gasteiger partial charge on any atom is -0.313 e. The Hall–Kier alpha value is -2.31. The first kappa shape index (κ1) is 9.25. The standard InChI is InChI=1S/C8H4FN3O3/c9-5-1-4-6(2-7(5)12(14)15)10-3-11-8(4)13/h1-3H,(H,10,11,13). The van der Waals surface area contributed by atoms with E-state index < -0.39 is 22.0 Å². The number of hydrogen-bond acceptors (Lipinski definition) is 4. The molecule has 2 aromatic rings. The summed E-state index contributed by atoms with van der Waals surface area (Å²) in [6.07, 6.45) is 1.10. The predicted molar refractivity (Wildman–Crippen MR) is 49.0 cm³/mol. The summed E-state index contributed by atoms with van der Waals surface area (Å²) in [6, 6.07) is 1.74. The van der Waals surface area contributed by atoms with Gasteiger partial charge >= 0.3 is 5.69 Å². The number of hydrogen-bond donors (Lipinski definition) is 1. The number of nitrogens with zero attached hydrogens (tertiary/aromatic N) is 2. The Morgan fingerprint density at radius 1 is 1.47 bits per heavy atom. The number of nitro groups is 1. The summed E-state index contributed by atoms with van der Waals surface area (Å²) < 4.78 is 13.1. The zero-order chi connectivity index (χ0) is 11.0. The number of rotatable bonds is 1. The van der Waals surface area contributed by atoms with Crippen molar-refractivity contribution in [2.45, 2.75) is 0 Å². The molecule has 0 fully saturated rings. The zero-order valence-electron chi connectivity index (χ0n) is 7.23. The lowest BCUT2D eigenvalue weighted by atomic mass is 10.2. The van der Waals surface area contributed by atoms with Crippen LogP contribution in [0.5, 0.6) is 0 Å². The number of aromatic nitrogens is 2. The Balaban J connectivity index is 2.88. The van der Waals surface area contributed by atoms with Crippen molar-refractivity contribution in [3.05, 3.63) is 44.7 Å². The molecule has 76 valence electrons. The molecule has 0 radical (unpaired) electrons. The highest BCUT2D eigenvalue weighted by Gasteiger charge is 2.16. The van der Waals surface area contributed by atoms with Gasteiger partial charge in [-0.15, -0.1) is 0 Å². The van der Waals surface area contributed by atoms with Crippen LogP contribution < -0.4 is 5.56 Å². The summed E-state index contributed by atoms with van der Waals surface area (Å²) >= 11 is 0. The Labute approximate surface area is 81.5 Å². The second-order valence-corrected chi connectivity index (χ2v) is 2.81. The van der Waals surface area contributed by atoms with Gasteiger partial charge in [0.2, 0.25) is 5.82 Å². The van der Waals surface area contributed by atoms with Gasteiger partial charge in [-0.25, -0.2) is 4.98 Å². The van der Waals surface area contributed by atoms with Crippen molar-refractivity contribution in [1.82, 2.24) is 9.97 Å². The van der Waals surface area contributed by atoms with E-state index in [0.29, 0.717) is 0 Å². The van der Waals surface area contributed by atoms with E-state index in [0.717, 1.165) is 18.5 Å². The average molecular weight is 209 g/mol. The summed E-state index contributed by atoms with van der Waals surface area (Å²) in [5.74, 6) is -1.05. The van der Waals surface area contributed by atoms with Crippen molar-refractivity contribution in [1.29, 1.82) is 0 Å². The normalized spacial score (nSPS) is 10.5. The van der Waals surface area contributed by atoms with Gasteiger partial charge in [-0.05, 0) is 6.07 Å². The van der Waals surface area contributed by atoms with Crippen LogP contribution in [-0.4, -0.2) is 14.9 Å². The van der Waals surface area contributed by atoms with Gasteiger partial charge in [-0.1, -0.05) is 0 Å². The average Bonchev–Trinajstić information content (AvgIpc) is 2.18. The maximum atomic E-state index is 13.1. The molecule has 7 heteroatoms. The molecule has 1 N–H and O–H groups in total. The van der Waals surface area contributed by atoms with E-state index in [2.05, 4.69) is 9.97 Å². The van der Waals surface area contributed by atoms with Gasteiger partial charge in [0.15, 0.2) is 0 Å². The molecule has 0 saturated carbocycles. The van der Waals surface area contributed by atoms with Crippen LogP contribution in [0.1, 0.15) is 0 Å². The highest BCUT2D eigenvalue weighted by Crippen LogP contribution is 2.20. The highest BCUT2D eigenvalue weighted by molar-refractivity contribution is 5.79. The molecule has 1 aromatic heterocycles.